The third-order valence-electron chi connectivity index (χ3n) is 3.90. The highest BCUT2D eigenvalue weighted by molar-refractivity contribution is 7.93. The monoisotopic (exact) mass is 378 g/mol. The average Bonchev–Trinajstić information content (AvgIpc) is 3.04. The van der Waals surface area contributed by atoms with Crippen LogP contribution >= 0.6 is 11.6 Å². The summed E-state index contributed by atoms with van der Waals surface area (Å²) in [4.78, 5) is 14.6. The Balaban J connectivity index is 1.99. The van der Waals surface area contributed by atoms with Gasteiger partial charge in [0.25, 0.3) is 10.0 Å². The van der Waals surface area contributed by atoms with E-state index in [0.29, 0.717) is 27.2 Å². The van der Waals surface area contributed by atoms with Crippen molar-refractivity contribution in [3.63, 3.8) is 0 Å². The highest BCUT2D eigenvalue weighted by Gasteiger charge is 2.25. The molecular formula is C17H15ClN2O4S. The lowest BCUT2D eigenvalue weighted by Crippen LogP contribution is -2.26. The summed E-state index contributed by atoms with van der Waals surface area (Å²) >= 11 is 5.94. The van der Waals surface area contributed by atoms with Gasteiger partial charge in [0.1, 0.15) is 4.90 Å². The highest BCUT2D eigenvalue weighted by Crippen LogP contribution is 2.29. The molecule has 0 bridgehead atoms. The largest absolute Gasteiger partial charge is 0.465 e. The van der Waals surface area contributed by atoms with E-state index in [1.807, 2.05) is 0 Å². The molecule has 0 fully saturated rings. The smallest absolute Gasteiger partial charge is 0.337 e. The van der Waals surface area contributed by atoms with E-state index < -0.39 is 16.0 Å². The molecule has 0 aliphatic carbocycles. The number of ether oxygens (including phenoxy) is 1. The maximum atomic E-state index is 12.9. The lowest BCUT2D eigenvalue weighted by atomic mass is 10.2. The van der Waals surface area contributed by atoms with Gasteiger partial charge in [-0.1, -0.05) is 11.6 Å². The van der Waals surface area contributed by atoms with Crippen LogP contribution in [0.1, 0.15) is 10.4 Å². The summed E-state index contributed by atoms with van der Waals surface area (Å²) in [6, 6.07) is 11.1. The second-order valence-electron chi connectivity index (χ2n) is 5.35. The Morgan fingerprint density at radius 2 is 1.84 bits per heavy atom. The zero-order valence-corrected chi connectivity index (χ0v) is 15.1. The first kappa shape index (κ1) is 17.3. The van der Waals surface area contributed by atoms with Crippen LogP contribution < -0.4 is 4.31 Å². The van der Waals surface area contributed by atoms with E-state index in [1.165, 1.54) is 32.5 Å². The predicted octanol–water partition coefficient (Wildman–Crippen LogP) is 3.43. The number of halogens is 1. The first-order valence-corrected chi connectivity index (χ1v) is 9.10. The molecule has 130 valence electrons. The van der Waals surface area contributed by atoms with Crippen LogP contribution in [0, 0.1) is 0 Å². The van der Waals surface area contributed by atoms with Crippen LogP contribution in [0.2, 0.25) is 5.02 Å². The number of aromatic nitrogens is 1. The van der Waals surface area contributed by atoms with E-state index in [9.17, 15) is 13.2 Å². The molecule has 6 nitrogen and oxygen atoms in total. The number of aromatic amines is 1. The molecule has 1 heterocycles. The number of esters is 1. The average molecular weight is 379 g/mol. The van der Waals surface area contributed by atoms with E-state index in [1.54, 1.807) is 30.3 Å². The van der Waals surface area contributed by atoms with Gasteiger partial charge in [-0.3, -0.25) is 4.31 Å². The minimum atomic E-state index is -3.78. The molecule has 1 N–H and O–H groups in total. The number of nitrogens with zero attached hydrogens (tertiary/aromatic N) is 1. The number of benzene rings is 2. The van der Waals surface area contributed by atoms with Gasteiger partial charge in [-0.25, -0.2) is 13.2 Å². The summed E-state index contributed by atoms with van der Waals surface area (Å²) in [5.41, 5.74) is 1.41. The molecule has 0 spiro atoms. The number of hydrogen-bond donors (Lipinski definition) is 1. The van der Waals surface area contributed by atoms with Crippen LogP contribution in [0.5, 0.6) is 0 Å². The predicted molar refractivity (Wildman–Crippen MR) is 96.7 cm³/mol. The Bertz CT molecular complexity index is 1040. The standard InChI is InChI=1S/C17H15ClN2O4S/c1-20(13-6-3-11(4-7-13)17(21)24-2)25(22,23)16-10-19-15-9-12(18)5-8-14(15)16/h3-10,19H,1-2H3. The van der Waals surface area contributed by atoms with Gasteiger partial charge in [-0.15, -0.1) is 0 Å². The Labute approximate surface area is 150 Å². The second-order valence-corrected chi connectivity index (χ2v) is 7.73. The van der Waals surface area contributed by atoms with Crippen molar-refractivity contribution in [2.75, 3.05) is 18.5 Å². The van der Waals surface area contributed by atoms with Crippen molar-refractivity contribution in [1.82, 2.24) is 4.98 Å². The summed E-state index contributed by atoms with van der Waals surface area (Å²) in [5, 5.41) is 1.08. The number of carbonyl (C=O) groups excluding carboxylic acids is 1. The molecule has 1 aromatic heterocycles. The number of methoxy groups -OCH3 is 1. The molecule has 0 atom stereocenters. The fourth-order valence-corrected chi connectivity index (χ4v) is 4.03. The van der Waals surface area contributed by atoms with Crippen LogP contribution in [0.4, 0.5) is 5.69 Å². The van der Waals surface area contributed by atoms with Crippen molar-refractivity contribution in [3.8, 4) is 0 Å². The third-order valence-corrected chi connectivity index (χ3v) is 5.96. The van der Waals surface area contributed by atoms with Crippen molar-refractivity contribution in [3.05, 3.63) is 59.2 Å². The van der Waals surface area contributed by atoms with E-state index in [0.717, 1.165) is 4.31 Å². The molecule has 8 heteroatoms. The number of carbonyl (C=O) groups is 1. The van der Waals surface area contributed by atoms with Gasteiger partial charge >= 0.3 is 5.97 Å². The molecule has 0 aliphatic heterocycles. The van der Waals surface area contributed by atoms with Crippen molar-refractivity contribution < 1.29 is 17.9 Å². The van der Waals surface area contributed by atoms with Gasteiger partial charge in [0.05, 0.1) is 18.4 Å². The number of nitrogens with one attached hydrogen (secondary N) is 1. The van der Waals surface area contributed by atoms with Gasteiger partial charge in [0.2, 0.25) is 0 Å². The summed E-state index contributed by atoms with van der Waals surface area (Å²) in [6.45, 7) is 0. The van der Waals surface area contributed by atoms with E-state index in [2.05, 4.69) is 9.72 Å². The molecule has 3 aromatic rings. The zero-order chi connectivity index (χ0) is 18.2. The summed E-state index contributed by atoms with van der Waals surface area (Å²) in [5.74, 6) is -0.481. The molecule has 0 saturated carbocycles. The topological polar surface area (TPSA) is 79.5 Å². The SMILES string of the molecule is COC(=O)c1ccc(N(C)S(=O)(=O)c2c[nH]c3cc(Cl)ccc23)cc1. The number of rotatable bonds is 4. The van der Waals surface area contributed by atoms with E-state index in [4.69, 9.17) is 11.6 Å². The molecule has 0 radical (unpaired) electrons. The van der Waals surface area contributed by atoms with Crippen LogP contribution in [-0.2, 0) is 14.8 Å². The fourth-order valence-electron chi connectivity index (χ4n) is 2.50. The van der Waals surface area contributed by atoms with Gasteiger partial charge < -0.3 is 9.72 Å². The fraction of sp³-hybridized carbons (Fsp3) is 0.118. The number of hydrogen-bond acceptors (Lipinski definition) is 4. The van der Waals surface area contributed by atoms with E-state index >= 15 is 0 Å². The number of H-pyrrole nitrogens is 1. The normalized spacial score (nSPS) is 11.5. The molecule has 3 rings (SSSR count). The molecule has 0 amide bonds. The minimum absolute atomic E-state index is 0.152. The van der Waals surface area contributed by atoms with Gasteiger partial charge in [0.15, 0.2) is 0 Å². The lowest BCUT2D eigenvalue weighted by molar-refractivity contribution is 0.0601. The maximum Gasteiger partial charge on any atom is 0.337 e. The number of anilines is 1. The molecule has 0 unspecified atom stereocenters. The third kappa shape index (κ3) is 3.08. The van der Waals surface area contributed by atoms with Gasteiger partial charge in [0, 0.05) is 29.2 Å². The number of sulfonamides is 1. The second kappa shape index (κ2) is 6.42. The number of fused-ring (bicyclic) bond motifs is 1. The van der Waals surface area contributed by atoms with Crippen LogP contribution in [0.3, 0.4) is 0 Å². The van der Waals surface area contributed by atoms with Crippen molar-refractivity contribution in [2.24, 2.45) is 0 Å². The zero-order valence-electron chi connectivity index (χ0n) is 13.5. The summed E-state index contributed by atoms with van der Waals surface area (Å²) < 4.78 is 31.7. The Morgan fingerprint density at radius 3 is 2.48 bits per heavy atom. The van der Waals surface area contributed by atoms with E-state index in [-0.39, 0.29) is 4.90 Å². The molecule has 0 saturated heterocycles. The van der Waals surface area contributed by atoms with Crippen LogP contribution in [0.25, 0.3) is 10.9 Å². The molecular weight excluding hydrogens is 364 g/mol. The summed E-state index contributed by atoms with van der Waals surface area (Å²) in [7, 11) is -1.04. The molecule has 2 aromatic carbocycles. The Morgan fingerprint density at radius 1 is 1.16 bits per heavy atom. The van der Waals surface area contributed by atoms with Crippen LogP contribution in [0.15, 0.2) is 53.6 Å². The molecule has 0 aliphatic rings. The first-order valence-electron chi connectivity index (χ1n) is 7.28. The minimum Gasteiger partial charge on any atom is -0.465 e. The lowest BCUT2D eigenvalue weighted by Gasteiger charge is -2.19. The Kier molecular flexibility index (Phi) is 4.45. The van der Waals surface area contributed by atoms with Gasteiger partial charge in [-0.05, 0) is 42.5 Å². The highest BCUT2D eigenvalue weighted by atomic mass is 35.5. The van der Waals surface area contributed by atoms with Crippen molar-refractivity contribution in [1.29, 1.82) is 0 Å². The molecule has 25 heavy (non-hydrogen) atoms. The first-order chi connectivity index (χ1) is 11.8. The Hall–Kier alpha value is -2.51. The van der Waals surface area contributed by atoms with Crippen LogP contribution in [-0.4, -0.2) is 33.5 Å². The van der Waals surface area contributed by atoms with Crippen molar-refractivity contribution >= 4 is 44.2 Å². The maximum absolute atomic E-state index is 12.9. The van der Waals surface area contributed by atoms with Crippen molar-refractivity contribution in [2.45, 2.75) is 4.90 Å². The van der Waals surface area contributed by atoms with Gasteiger partial charge in [-0.2, -0.15) is 0 Å². The summed E-state index contributed by atoms with van der Waals surface area (Å²) in [6.07, 6.45) is 1.44. The quantitative estimate of drug-likeness (QED) is 0.705.